The maximum atomic E-state index is 13.0. The van der Waals surface area contributed by atoms with E-state index in [1.165, 1.54) is 16.1 Å². The topological polar surface area (TPSA) is 0 Å². The van der Waals surface area contributed by atoms with Crippen molar-refractivity contribution in [3.63, 3.8) is 0 Å². The van der Waals surface area contributed by atoms with Gasteiger partial charge >= 0.3 is 101 Å². The molecule has 2 aromatic carbocycles. The van der Waals surface area contributed by atoms with E-state index < -0.39 is 18.4 Å². The molecule has 16 heavy (non-hydrogen) atoms. The van der Waals surface area contributed by atoms with Crippen LogP contribution in [0.1, 0.15) is 5.56 Å². The first-order valence-electron chi connectivity index (χ1n) is 5.62. The molecule has 0 unspecified atom stereocenters. The Hall–Kier alpha value is -0.571. The van der Waals surface area contributed by atoms with Gasteiger partial charge in [0.25, 0.3) is 0 Å². The summed E-state index contributed by atoms with van der Waals surface area (Å²) in [4.78, 5) is 7.30. The molecular weight excluding hydrogens is 306 g/mol. The van der Waals surface area contributed by atoms with Crippen molar-refractivity contribution in [1.82, 2.24) is 0 Å². The molecule has 0 spiro atoms. The second-order valence-electron chi connectivity index (χ2n) is 5.56. The number of benzene rings is 2. The molecule has 0 radical (unpaired) electrons. The Morgan fingerprint density at radius 2 is 1.56 bits per heavy atom. The average Bonchev–Trinajstić information content (AvgIpc) is 2.16. The third-order valence-electron chi connectivity index (χ3n) is 2.60. The molecule has 84 valence electrons. The van der Waals surface area contributed by atoms with Crippen LogP contribution in [0.25, 0.3) is 10.8 Å². The summed E-state index contributed by atoms with van der Waals surface area (Å²) < 4.78 is 14.3. The van der Waals surface area contributed by atoms with E-state index in [2.05, 4.69) is 27.0 Å². The first kappa shape index (κ1) is 11.9. The van der Waals surface area contributed by atoms with Gasteiger partial charge in [-0.15, -0.1) is 0 Å². The van der Waals surface area contributed by atoms with Crippen LogP contribution in [0, 0.1) is 5.82 Å². The molecule has 0 aliphatic carbocycles. The minimum absolute atomic E-state index is 0.157. The Bertz CT molecular complexity index is 512. The quantitative estimate of drug-likeness (QED) is 0.719. The number of fused-ring (bicyclic) bond motifs is 1. The Balaban J connectivity index is 2.41. The van der Waals surface area contributed by atoms with Gasteiger partial charge in [-0.1, -0.05) is 0 Å². The molecule has 0 fully saturated rings. The van der Waals surface area contributed by atoms with E-state index in [1.54, 1.807) is 6.07 Å². The van der Waals surface area contributed by atoms with Crippen LogP contribution < -0.4 is 0 Å². The van der Waals surface area contributed by atoms with Crippen molar-refractivity contribution in [2.45, 2.75) is 19.3 Å². The molecule has 0 saturated carbocycles. The molecule has 0 aliphatic heterocycles. The third-order valence-corrected chi connectivity index (χ3v) is 6.79. The number of rotatable bonds is 2. The van der Waals surface area contributed by atoms with Gasteiger partial charge in [-0.05, 0) is 0 Å². The Kier molecular flexibility index (Phi) is 3.24. The summed E-state index contributed by atoms with van der Waals surface area (Å²) in [5.41, 5.74) is 1.41. The van der Waals surface area contributed by atoms with Gasteiger partial charge in [-0.3, -0.25) is 0 Å². The van der Waals surface area contributed by atoms with E-state index in [1.807, 2.05) is 12.1 Å². The van der Waals surface area contributed by atoms with Gasteiger partial charge in [0.2, 0.25) is 0 Å². The van der Waals surface area contributed by atoms with E-state index >= 15 is 0 Å². The molecule has 0 bridgehead atoms. The van der Waals surface area contributed by atoms with Crippen molar-refractivity contribution in [3.8, 4) is 0 Å². The molecule has 0 aliphatic rings. The van der Waals surface area contributed by atoms with Crippen molar-refractivity contribution in [3.05, 3.63) is 47.8 Å². The van der Waals surface area contributed by atoms with Crippen molar-refractivity contribution in [2.75, 3.05) is 0 Å². The average molecular weight is 323 g/mol. The molecule has 2 heteroatoms. The van der Waals surface area contributed by atoms with Crippen molar-refractivity contribution >= 4 is 29.1 Å². The SMILES string of the molecule is [CH3][Sn]([CH3])([CH3])[CH2]c1ccc2cc(F)ccc2c1. The van der Waals surface area contributed by atoms with Gasteiger partial charge in [-0.2, -0.15) is 0 Å². The predicted octanol–water partition coefficient (Wildman–Crippen LogP) is 4.40. The van der Waals surface area contributed by atoms with Crippen LogP contribution in [0.3, 0.4) is 0 Å². The Morgan fingerprint density at radius 3 is 2.25 bits per heavy atom. The van der Waals surface area contributed by atoms with Crippen molar-refractivity contribution in [2.24, 2.45) is 0 Å². The van der Waals surface area contributed by atoms with Crippen LogP contribution in [-0.2, 0) is 4.44 Å². The van der Waals surface area contributed by atoms with Gasteiger partial charge in [-0.25, -0.2) is 0 Å². The molecule has 0 amide bonds. The summed E-state index contributed by atoms with van der Waals surface area (Å²) in [5, 5.41) is 2.14. The molecule has 0 saturated heterocycles. The Morgan fingerprint density at radius 1 is 0.938 bits per heavy atom. The van der Waals surface area contributed by atoms with Gasteiger partial charge in [0.15, 0.2) is 0 Å². The molecule has 0 aromatic heterocycles. The van der Waals surface area contributed by atoms with Crippen molar-refractivity contribution < 1.29 is 4.39 Å². The molecule has 0 N–H and O–H groups in total. The second-order valence-corrected chi connectivity index (χ2v) is 21.2. The first-order valence-corrected chi connectivity index (χ1v) is 16.2. The molecular formula is C14H17FSn. The summed E-state index contributed by atoms with van der Waals surface area (Å²) in [6.45, 7) is 0. The van der Waals surface area contributed by atoms with E-state index in [0.29, 0.717) is 0 Å². The van der Waals surface area contributed by atoms with Crippen molar-refractivity contribution in [1.29, 1.82) is 0 Å². The minimum atomic E-state index is -1.76. The standard InChI is InChI=1S/C11H8F.3CH3.Sn/c1-8-2-3-10-7-11(12)5-4-9(10)6-8;;;;/h2-7H,1H2;3*1H3;. The van der Waals surface area contributed by atoms with Gasteiger partial charge in [0.05, 0.1) is 0 Å². The van der Waals surface area contributed by atoms with Crippen LogP contribution in [-0.4, -0.2) is 18.4 Å². The third kappa shape index (κ3) is 2.97. The second kappa shape index (κ2) is 4.36. The summed E-state index contributed by atoms with van der Waals surface area (Å²) in [6.07, 6.45) is 0. The molecule has 0 nitrogen and oxygen atoms in total. The monoisotopic (exact) mass is 324 g/mol. The molecule has 0 atom stereocenters. The van der Waals surface area contributed by atoms with Crippen LogP contribution in [0.5, 0.6) is 0 Å². The summed E-state index contributed by atoms with van der Waals surface area (Å²) in [6, 6.07) is 11.4. The van der Waals surface area contributed by atoms with E-state index in [0.717, 1.165) is 10.8 Å². The van der Waals surface area contributed by atoms with Crippen LogP contribution in [0.15, 0.2) is 36.4 Å². The summed E-state index contributed by atoms with van der Waals surface area (Å²) in [7, 11) is 0. The molecule has 2 aromatic rings. The first-order chi connectivity index (χ1) is 7.44. The fourth-order valence-corrected chi connectivity index (χ4v) is 6.11. The summed E-state index contributed by atoms with van der Waals surface area (Å²) in [5.74, 6) is -0.157. The van der Waals surface area contributed by atoms with Crippen LogP contribution in [0.4, 0.5) is 4.39 Å². The molecule has 0 heterocycles. The normalized spacial score (nSPS) is 12.0. The Labute approximate surface area is 100 Å². The van der Waals surface area contributed by atoms with Gasteiger partial charge < -0.3 is 0 Å². The van der Waals surface area contributed by atoms with Gasteiger partial charge in [0.1, 0.15) is 0 Å². The van der Waals surface area contributed by atoms with Gasteiger partial charge in [0, 0.05) is 0 Å². The zero-order valence-electron chi connectivity index (χ0n) is 10.0. The summed E-state index contributed by atoms with van der Waals surface area (Å²) >= 11 is -1.76. The van der Waals surface area contributed by atoms with E-state index in [-0.39, 0.29) is 5.82 Å². The number of hydrogen-bond acceptors (Lipinski definition) is 0. The number of halogens is 1. The maximum absolute atomic E-state index is 13.0. The van der Waals surface area contributed by atoms with Crippen LogP contribution >= 0.6 is 0 Å². The molecule has 2 rings (SSSR count). The zero-order chi connectivity index (χ0) is 11.8. The fraction of sp³-hybridized carbons (Fsp3) is 0.286. The number of hydrogen-bond donors (Lipinski definition) is 0. The predicted molar refractivity (Wildman–Crippen MR) is 71.0 cm³/mol. The zero-order valence-corrected chi connectivity index (χ0v) is 12.9. The fourth-order valence-electron chi connectivity index (χ4n) is 1.99. The van der Waals surface area contributed by atoms with E-state index in [9.17, 15) is 4.39 Å². The van der Waals surface area contributed by atoms with E-state index in [4.69, 9.17) is 0 Å². The van der Waals surface area contributed by atoms with Crippen LogP contribution in [0.2, 0.25) is 14.8 Å².